The first-order valence-electron chi connectivity index (χ1n) is 4.43. The van der Waals surface area contributed by atoms with Crippen LogP contribution in [0.25, 0.3) is 0 Å². The summed E-state index contributed by atoms with van der Waals surface area (Å²) < 4.78 is 0. The normalized spacial score (nSPS) is 18.8. The molecule has 0 spiro atoms. The molecule has 0 N–H and O–H groups in total. The first-order chi connectivity index (χ1) is 5.52. The molecular formula is C11H16O. The summed E-state index contributed by atoms with van der Waals surface area (Å²) in [5.74, 6) is 0.661. The smallest absolute Gasteiger partial charge is 0.163 e. The van der Waals surface area contributed by atoms with E-state index in [1.54, 1.807) is 0 Å². The van der Waals surface area contributed by atoms with Gasteiger partial charge in [0.1, 0.15) is 0 Å². The highest BCUT2D eigenvalue weighted by Crippen LogP contribution is 2.24. The van der Waals surface area contributed by atoms with Crippen molar-refractivity contribution in [3.63, 3.8) is 0 Å². The maximum absolute atomic E-state index is 11.5. The minimum atomic E-state index is 0.299. The molecule has 0 aromatic rings. The minimum Gasteiger partial charge on any atom is -0.294 e. The van der Waals surface area contributed by atoms with Gasteiger partial charge in [-0.05, 0) is 25.3 Å². The minimum absolute atomic E-state index is 0.299. The molecule has 0 fully saturated rings. The molecule has 1 heteroatoms. The molecule has 1 aliphatic rings. The largest absolute Gasteiger partial charge is 0.294 e. The van der Waals surface area contributed by atoms with Crippen LogP contribution in [0.2, 0.25) is 0 Å². The molecule has 12 heavy (non-hydrogen) atoms. The van der Waals surface area contributed by atoms with Gasteiger partial charge < -0.3 is 0 Å². The van der Waals surface area contributed by atoms with Crippen molar-refractivity contribution < 1.29 is 4.79 Å². The lowest BCUT2D eigenvalue weighted by Crippen LogP contribution is -2.13. The molecule has 0 aliphatic heterocycles. The molecule has 0 saturated carbocycles. The maximum Gasteiger partial charge on any atom is 0.163 e. The number of ketones is 1. The number of hydrogen-bond acceptors (Lipinski definition) is 1. The summed E-state index contributed by atoms with van der Waals surface area (Å²) in [4.78, 5) is 11.5. The molecule has 0 aromatic carbocycles. The molecule has 0 saturated heterocycles. The highest BCUT2D eigenvalue weighted by molar-refractivity contribution is 5.99. The molecule has 1 rings (SSSR count). The van der Waals surface area contributed by atoms with Crippen molar-refractivity contribution in [2.24, 2.45) is 5.92 Å². The van der Waals surface area contributed by atoms with Gasteiger partial charge in [0.25, 0.3) is 0 Å². The van der Waals surface area contributed by atoms with E-state index in [4.69, 9.17) is 0 Å². The van der Waals surface area contributed by atoms with E-state index in [0.29, 0.717) is 18.1 Å². The Morgan fingerprint density at radius 2 is 1.92 bits per heavy atom. The van der Waals surface area contributed by atoms with E-state index >= 15 is 0 Å². The van der Waals surface area contributed by atoms with Crippen LogP contribution in [0.5, 0.6) is 0 Å². The van der Waals surface area contributed by atoms with Crippen LogP contribution in [0.15, 0.2) is 22.8 Å². The lowest BCUT2D eigenvalue weighted by atomic mass is 9.87. The Labute approximate surface area is 74.2 Å². The molecule has 0 heterocycles. The summed E-state index contributed by atoms with van der Waals surface area (Å²) in [6.45, 7) is 8.24. The summed E-state index contributed by atoms with van der Waals surface area (Å²) in [6.07, 6.45) is 2.65. The van der Waals surface area contributed by atoms with Gasteiger partial charge in [0, 0.05) is 6.42 Å². The Kier molecular flexibility index (Phi) is 2.51. The highest BCUT2D eigenvalue weighted by Gasteiger charge is 2.18. The summed E-state index contributed by atoms with van der Waals surface area (Å²) in [7, 11) is 0. The van der Waals surface area contributed by atoms with Crippen molar-refractivity contribution in [1.29, 1.82) is 0 Å². The predicted octanol–water partition coefficient (Wildman–Crippen LogP) is 2.88. The van der Waals surface area contributed by atoms with Crippen molar-refractivity contribution in [3.8, 4) is 0 Å². The Morgan fingerprint density at radius 1 is 1.33 bits per heavy atom. The monoisotopic (exact) mass is 164 g/mol. The fraction of sp³-hybridized carbons (Fsp3) is 0.545. The quantitative estimate of drug-likeness (QED) is 0.582. The van der Waals surface area contributed by atoms with E-state index in [9.17, 15) is 4.79 Å². The van der Waals surface area contributed by atoms with Crippen molar-refractivity contribution in [3.05, 3.63) is 22.8 Å². The molecule has 0 aromatic heterocycles. The van der Waals surface area contributed by atoms with Crippen LogP contribution in [0, 0.1) is 5.92 Å². The SMILES string of the molecule is CC1=C(C)CC(=O)C(C(C)C)=C1. The number of carbonyl (C=O) groups is 1. The van der Waals surface area contributed by atoms with Crippen LogP contribution >= 0.6 is 0 Å². The van der Waals surface area contributed by atoms with Gasteiger partial charge in [-0.2, -0.15) is 0 Å². The van der Waals surface area contributed by atoms with Crippen LogP contribution in [0.3, 0.4) is 0 Å². The van der Waals surface area contributed by atoms with Gasteiger partial charge in [-0.15, -0.1) is 0 Å². The van der Waals surface area contributed by atoms with E-state index in [-0.39, 0.29) is 0 Å². The van der Waals surface area contributed by atoms with Crippen LogP contribution in [-0.4, -0.2) is 5.78 Å². The third-order valence-corrected chi connectivity index (χ3v) is 2.41. The van der Waals surface area contributed by atoms with Crippen molar-refractivity contribution >= 4 is 5.78 Å². The standard InChI is InChI=1S/C11H16O/c1-7(2)10-5-8(3)9(4)6-11(10)12/h5,7H,6H2,1-4H3. The fourth-order valence-electron chi connectivity index (χ4n) is 1.41. The predicted molar refractivity (Wildman–Crippen MR) is 50.9 cm³/mol. The van der Waals surface area contributed by atoms with Crippen LogP contribution in [0.1, 0.15) is 34.1 Å². The van der Waals surface area contributed by atoms with Crippen molar-refractivity contribution in [1.82, 2.24) is 0 Å². The lowest BCUT2D eigenvalue weighted by Gasteiger charge is -2.17. The summed E-state index contributed by atoms with van der Waals surface area (Å²) >= 11 is 0. The highest BCUT2D eigenvalue weighted by atomic mass is 16.1. The Balaban J connectivity index is 3.01. The van der Waals surface area contributed by atoms with Gasteiger partial charge >= 0.3 is 0 Å². The summed E-state index contributed by atoms with van der Waals surface area (Å²) in [5, 5.41) is 0. The van der Waals surface area contributed by atoms with Crippen LogP contribution in [-0.2, 0) is 4.79 Å². The molecule has 1 aliphatic carbocycles. The molecule has 0 bridgehead atoms. The third-order valence-electron chi connectivity index (χ3n) is 2.41. The molecule has 1 nitrogen and oxygen atoms in total. The third kappa shape index (κ3) is 1.66. The second kappa shape index (κ2) is 3.26. The van der Waals surface area contributed by atoms with Crippen LogP contribution < -0.4 is 0 Å². The second-order valence-electron chi connectivity index (χ2n) is 3.82. The Hall–Kier alpha value is -0.850. The second-order valence-corrected chi connectivity index (χ2v) is 3.82. The molecule has 66 valence electrons. The number of rotatable bonds is 1. The lowest BCUT2D eigenvalue weighted by molar-refractivity contribution is -0.115. The van der Waals surface area contributed by atoms with E-state index in [1.807, 2.05) is 13.0 Å². The van der Waals surface area contributed by atoms with E-state index in [0.717, 1.165) is 5.57 Å². The first-order valence-corrected chi connectivity index (χ1v) is 4.43. The molecule has 0 unspecified atom stereocenters. The van der Waals surface area contributed by atoms with E-state index in [2.05, 4.69) is 20.8 Å². The topological polar surface area (TPSA) is 17.1 Å². The van der Waals surface area contributed by atoms with Gasteiger partial charge in [0.2, 0.25) is 0 Å². The number of Topliss-reactive ketones (excluding diaryl/α,β-unsaturated/α-hetero) is 1. The Bertz CT molecular complexity index is 267. The summed E-state index contributed by atoms with van der Waals surface area (Å²) in [6, 6.07) is 0. The average Bonchev–Trinajstić information content (AvgIpc) is 1.96. The fourth-order valence-corrected chi connectivity index (χ4v) is 1.41. The van der Waals surface area contributed by atoms with Crippen LogP contribution in [0.4, 0.5) is 0 Å². The maximum atomic E-state index is 11.5. The summed E-state index contributed by atoms with van der Waals surface area (Å²) in [5.41, 5.74) is 3.46. The van der Waals surface area contributed by atoms with Gasteiger partial charge in [0.15, 0.2) is 5.78 Å². The molecule has 0 atom stereocenters. The van der Waals surface area contributed by atoms with Crippen molar-refractivity contribution in [2.75, 3.05) is 0 Å². The molecule has 0 radical (unpaired) electrons. The van der Waals surface area contributed by atoms with Gasteiger partial charge in [-0.1, -0.05) is 31.1 Å². The van der Waals surface area contributed by atoms with Gasteiger partial charge in [-0.3, -0.25) is 4.79 Å². The van der Waals surface area contributed by atoms with Crippen molar-refractivity contribution in [2.45, 2.75) is 34.1 Å². The van der Waals surface area contributed by atoms with Gasteiger partial charge in [-0.25, -0.2) is 0 Å². The molecule has 0 amide bonds. The van der Waals surface area contributed by atoms with E-state index in [1.165, 1.54) is 11.1 Å². The first kappa shape index (κ1) is 9.24. The number of carbonyl (C=O) groups excluding carboxylic acids is 1. The number of allylic oxidation sites excluding steroid dienone is 4. The number of hydrogen-bond donors (Lipinski definition) is 0. The zero-order chi connectivity index (χ0) is 9.30. The van der Waals surface area contributed by atoms with Gasteiger partial charge in [0.05, 0.1) is 0 Å². The zero-order valence-corrected chi connectivity index (χ0v) is 8.27. The van der Waals surface area contributed by atoms with E-state index < -0.39 is 0 Å². The molecular weight excluding hydrogens is 148 g/mol. The average molecular weight is 164 g/mol. The zero-order valence-electron chi connectivity index (χ0n) is 8.27. The Morgan fingerprint density at radius 3 is 2.42 bits per heavy atom.